The number of hydrogen-bond donors (Lipinski definition) is 0. The number of amides is 1. The van der Waals surface area contributed by atoms with Crippen LogP contribution in [0.25, 0.3) is 0 Å². The molecule has 1 aliphatic heterocycles. The van der Waals surface area contributed by atoms with Crippen LogP contribution in [0, 0.1) is 5.82 Å². The molecule has 0 saturated carbocycles. The van der Waals surface area contributed by atoms with Gasteiger partial charge in [0.1, 0.15) is 11.6 Å². The summed E-state index contributed by atoms with van der Waals surface area (Å²) < 4.78 is 44.1. The Morgan fingerprint density at radius 3 is 2.85 bits per heavy atom. The molecule has 0 radical (unpaired) electrons. The highest BCUT2D eigenvalue weighted by molar-refractivity contribution is 5.73. The molecule has 0 saturated heterocycles. The van der Waals surface area contributed by atoms with Gasteiger partial charge >= 0.3 is 6.61 Å². The summed E-state index contributed by atoms with van der Waals surface area (Å²) >= 11 is 0. The summed E-state index contributed by atoms with van der Waals surface area (Å²) in [6.07, 6.45) is 1.62. The monoisotopic (exact) mass is 367 g/mol. The quantitative estimate of drug-likeness (QED) is 0.829. The summed E-state index contributed by atoms with van der Waals surface area (Å²) in [5, 5.41) is 0. The van der Waals surface area contributed by atoms with Crippen molar-refractivity contribution in [3.8, 4) is 5.75 Å². The molecule has 138 valence electrons. The van der Waals surface area contributed by atoms with Gasteiger partial charge < -0.3 is 9.64 Å². The van der Waals surface area contributed by atoms with E-state index in [-0.39, 0.29) is 35.9 Å². The summed E-state index contributed by atoms with van der Waals surface area (Å²) in [5.74, 6) is -0.929. The number of hydrogen-bond acceptors (Lipinski definition) is 4. The van der Waals surface area contributed by atoms with Crippen molar-refractivity contribution in [2.24, 2.45) is 0 Å². The Morgan fingerprint density at radius 1 is 1.38 bits per heavy atom. The Balaban J connectivity index is 1.92. The first-order valence-electron chi connectivity index (χ1n) is 7.91. The van der Waals surface area contributed by atoms with Crippen LogP contribution in [0.1, 0.15) is 23.7 Å². The molecular formula is C17H16F3N3O3. The van der Waals surface area contributed by atoms with Crippen molar-refractivity contribution in [2.75, 3.05) is 6.54 Å². The fourth-order valence-corrected chi connectivity index (χ4v) is 2.91. The van der Waals surface area contributed by atoms with E-state index in [1.165, 1.54) is 17.8 Å². The molecule has 0 aliphatic carbocycles. The molecule has 1 aliphatic rings. The van der Waals surface area contributed by atoms with Crippen molar-refractivity contribution in [1.82, 2.24) is 14.5 Å². The van der Waals surface area contributed by atoms with E-state index in [1.807, 2.05) is 0 Å². The fourth-order valence-electron chi connectivity index (χ4n) is 2.91. The molecule has 26 heavy (non-hydrogen) atoms. The van der Waals surface area contributed by atoms with Gasteiger partial charge in [-0.25, -0.2) is 9.37 Å². The van der Waals surface area contributed by atoms with Gasteiger partial charge in [-0.05, 0) is 24.6 Å². The lowest BCUT2D eigenvalue weighted by molar-refractivity contribution is -0.129. The van der Waals surface area contributed by atoms with Crippen molar-refractivity contribution >= 4 is 5.91 Å². The number of rotatable bonds is 4. The Bertz CT molecular complexity index is 899. The van der Waals surface area contributed by atoms with Crippen LogP contribution in [0.5, 0.6) is 5.75 Å². The number of carbonyl (C=O) groups excluding carboxylic acids is 1. The maximum atomic E-state index is 13.5. The Morgan fingerprint density at radius 2 is 2.15 bits per heavy atom. The number of fused-ring (bicyclic) bond motifs is 1. The van der Waals surface area contributed by atoms with E-state index in [9.17, 15) is 22.8 Å². The van der Waals surface area contributed by atoms with Crippen LogP contribution < -0.4 is 10.3 Å². The van der Waals surface area contributed by atoms with E-state index in [2.05, 4.69) is 9.72 Å². The molecule has 0 spiro atoms. The molecule has 0 atom stereocenters. The summed E-state index contributed by atoms with van der Waals surface area (Å²) in [7, 11) is 0. The number of carbonyl (C=O) groups is 1. The zero-order valence-electron chi connectivity index (χ0n) is 13.9. The number of aromatic nitrogens is 2. The van der Waals surface area contributed by atoms with Crippen molar-refractivity contribution in [1.29, 1.82) is 0 Å². The molecule has 0 N–H and O–H groups in total. The first-order valence-corrected chi connectivity index (χ1v) is 7.91. The minimum atomic E-state index is -3.06. The smallest absolute Gasteiger partial charge is 0.387 e. The number of benzene rings is 1. The molecule has 1 aromatic carbocycles. The minimum Gasteiger partial charge on any atom is -0.434 e. The van der Waals surface area contributed by atoms with Crippen molar-refractivity contribution in [3.63, 3.8) is 0 Å². The molecule has 0 bridgehead atoms. The molecule has 2 heterocycles. The van der Waals surface area contributed by atoms with E-state index >= 15 is 0 Å². The van der Waals surface area contributed by atoms with Gasteiger partial charge in [-0.1, -0.05) is 0 Å². The zero-order valence-corrected chi connectivity index (χ0v) is 13.9. The predicted octanol–water partition coefficient (Wildman–Crippen LogP) is 1.94. The molecule has 1 aromatic heterocycles. The lowest BCUT2D eigenvalue weighted by Gasteiger charge is -2.27. The van der Waals surface area contributed by atoms with Gasteiger partial charge in [0, 0.05) is 24.6 Å². The highest BCUT2D eigenvalue weighted by Gasteiger charge is 2.23. The van der Waals surface area contributed by atoms with Crippen LogP contribution in [0.3, 0.4) is 0 Å². The van der Waals surface area contributed by atoms with Crippen LogP contribution in [-0.4, -0.2) is 33.5 Å². The van der Waals surface area contributed by atoms with Crippen LogP contribution in [0.2, 0.25) is 0 Å². The normalized spacial score (nSPS) is 13.7. The molecule has 1 amide bonds. The van der Waals surface area contributed by atoms with Crippen molar-refractivity contribution in [3.05, 3.63) is 57.5 Å². The van der Waals surface area contributed by atoms with Gasteiger partial charge in [0.2, 0.25) is 5.91 Å². The number of alkyl halides is 2. The van der Waals surface area contributed by atoms with Crippen LogP contribution in [0.15, 0.2) is 29.3 Å². The second-order valence-electron chi connectivity index (χ2n) is 5.92. The lowest BCUT2D eigenvalue weighted by Crippen LogP contribution is -2.39. The first-order chi connectivity index (χ1) is 12.3. The van der Waals surface area contributed by atoms with E-state index in [0.717, 1.165) is 18.2 Å². The zero-order chi connectivity index (χ0) is 18.8. The predicted molar refractivity (Wildman–Crippen MR) is 85.4 cm³/mol. The molecule has 2 aromatic rings. The van der Waals surface area contributed by atoms with Crippen LogP contribution in [0.4, 0.5) is 13.2 Å². The standard InChI is InChI=1S/C17H16F3N3O3/c1-10(24)22-5-4-13-14(8-22)21-9-23(16(13)25)7-11-6-12(18)2-3-15(11)26-17(19)20/h2-3,6,9,17H,4-5,7-8H2,1H3. The lowest BCUT2D eigenvalue weighted by atomic mass is 10.1. The maximum absolute atomic E-state index is 13.5. The summed E-state index contributed by atoms with van der Waals surface area (Å²) in [4.78, 5) is 29.9. The second kappa shape index (κ2) is 7.19. The average molecular weight is 367 g/mol. The number of nitrogens with zero attached hydrogens (tertiary/aromatic N) is 3. The largest absolute Gasteiger partial charge is 0.434 e. The van der Waals surface area contributed by atoms with Gasteiger partial charge in [-0.3, -0.25) is 14.2 Å². The van der Waals surface area contributed by atoms with E-state index in [0.29, 0.717) is 24.2 Å². The minimum absolute atomic E-state index is 0.102. The second-order valence-corrected chi connectivity index (χ2v) is 5.92. The molecule has 3 rings (SSSR count). The van der Waals surface area contributed by atoms with Gasteiger partial charge in [0.15, 0.2) is 0 Å². The molecule has 0 fully saturated rings. The third kappa shape index (κ3) is 3.71. The van der Waals surface area contributed by atoms with Gasteiger partial charge in [0.05, 0.1) is 25.1 Å². The van der Waals surface area contributed by atoms with Crippen molar-refractivity contribution in [2.45, 2.75) is 33.0 Å². The summed E-state index contributed by atoms with van der Waals surface area (Å²) in [6.45, 7) is -1.12. The molecular weight excluding hydrogens is 351 g/mol. The third-order valence-electron chi connectivity index (χ3n) is 4.22. The Kier molecular flexibility index (Phi) is 4.97. The average Bonchev–Trinajstić information content (AvgIpc) is 2.59. The summed E-state index contributed by atoms with van der Waals surface area (Å²) in [6, 6.07) is 3.14. The summed E-state index contributed by atoms with van der Waals surface area (Å²) in [5.41, 5.74) is 0.745. The topological polar surface area (TPSA) is 64.4 Å². The highest BCUT2D eigenvalue weighted by Crippen LogP contribution is 2.23. The van der Waals surface area contributed by atoms with Gasteiger partial charge in [-0.15, -0.1) is 0 Å². The maximum Gasteiger partial charge on any atom is 0.387 e. The van der Waals surface area contributed by atoms with Crippen molar-refractivity contribution < 1.29 is 22.7 Å². The number of ether oxygens (including phenoxy) is 1. The van der Waals surface area contributed by atoms with Gasteiger partial charge in [0.25, 0.3) is 5.56 Å². The van der Waals surface area contributed by atoms with E-state index in [1.54, 1.807) is 4.90 Å². The van der Waals surface area contributed by atoms with Gasteiger partial charge in [-0.2, -0.15) is 8.78 Å². The highest BCUT2D eigenvalue weighted by atomic mass is 19.3. The third-order valence-corrected chi connectivity index (χ3v) is 4.22. The number of halogens is 3. The van der Waals surface area contributed by atoms with Crippen LogP contribution >= 0.6 is 0 Å². The Hall–Kier alpha value is -2.84. The van der Waals surface area contributed by atoms with E-state index < -0.39 is 12.4 Å². The van der Waals surface area contributed by atoms with E-state index in [4.69, 9.17) is 0 Å². The molecule has 6 nitrogen and oxygen atoms in total. The SMILES string of the molecule is CC(=O)N1CCc2c(ncn(Cc3cc(F)ccc3OC(F)F)c2=O)C1. The Labute approximate surface area is 146 Å². The van der Waals surface area contributed by atoms with Crippen LogP contribution in [-0.2, 0) is 24.3 Å². The molecule has 9 heteroatoms. The molecule has 0 unspecified atom stereocenters. The fraction of sp³-hybridized carbons (Fsp3) is 0.353. The first kappa shape index (κ1) is 18.0.